The van der Waals surface area contributed by atoms with E-state index >= 15 is 0 Å². The lowest BCUT2D eigenvalue weighted by Gasteiger charge is -2.28. The van der Waals surface area contributed by atoms with Crippen molar-refractivity contribution in [1.82, 2.24) is 0 Å². The number of rotatable bonds is 3. The SMILES string of the molecule is CCC(C#N)N1c2ccccc2CC1C(=O)O. The van der Waals surface area contributed by atoms with Crippen LogP contribution in [0.2, 0.25) is 0 Å². The molecule has 4 heteroatoms. The van der Waals surface area contributed by atoms with Crippen LogP contribution >= 0.6 is 0 Å². The largest absolute Gasteiger partial charge is 0.480 e. The Kier molecular flexibility index (Phi) is 3.01. The van der Waals surface area contributed by atoms with Crippen molar-refractivity contribution in [1.29, 1.82) is 5.26 Å². The molecule has 0 saturated heterocycles. The molecule has 17 heavy (non-hydrogen) atoms. The van der Waals surface area contributed by atoms with Crippen molar-refractivity contribution in [2.75, 3.05) is 4.90 Å². The number of benzene rings is 1. The summed E-state index contributed by atoms with van der Waals surface area (Å²) in [6.07, 6.45) is 1.10. The quantitative estimate of drug-likeness (QED) is 0.860. The number of nitrogens with zero attached hydrogens (tertiary/aromatic N) is 2. The summed E-state index contributed by atoms with van der Waals surface area (Å²) in [5.74, 6) is -0.866. The van der Waals surface area contributed by atoms with Gasteiger partial charge in [0.25, 0.3) is 0 Å². The number of fused-ring (bicyclic) bond motifs is 1. The number of nitriles is 1. The fourth-order valence-corrected chi connectivity index (χ4v) is 2.35. The van der Waals surface area contributed by atoms with Crippen LogP contribution in [0.5, 0.6) is 0 Å². The summed E-state index contributed by atoms with van der Waals surface area (Å²) in [7, 11) is 0. The Bertz CT molecular complexity index is 479. The van der Waals surface area contributed by atoms with E-state index in [9.17, 15) is 9.90 Å². The van der Waals surface area contributed by atoms with E-state index < -0.39 is 12.0 Å². The van der Waals surface area contributed by atoms with Gasteiger partial charge in [0.2, 0.25) is 0 Å². The molecule has 4 nitrogen and oxygen atoms in total. The molecule has 0 bridgehead atoms. The fraction of sp³-hybridized carbons (Fsp3) is 0.385. The van der Waals surface area contributed by atoms with E-state index in [1.54, 1.807) is 4.90 Å². The first-order valence-electron chi connectivity index (χ1n) is 5.67. The van der Waals surface area contributed by atoms with Crippen molar-refractivity contribution in [3.63, 3.8) is 0 Å². The highest BCUT2D eigenvalue weighted by molar-refractivity contribution is 5.83. The lowest BCUT2D eigenvalue weighted by molar-refractivity contribution is -0.138. The van der Waals surface area contributed by atoms with Gasteiger partial charge in [-0.1, -0.05) is 25.1 Å². The topological polar surface area (TPSA) is 64.3 Å². The summed E-state index contributed by atoms with van der Waals surface area (Å²) >= 11 is 0. The van der Waals surface area contributed by atoms with E-state index in [0.717, 1.165) is 11.3 Å². The predicted molar refractivity (Wildman–Crippen MR) is 63.7 cm³/mol. The zero-order valence-electron chi connectivity index (χ0n) is 9.63. The molecule has 1 aromatic rings. The molecular weight excluding hydrogens is 216 g/mol. The van der Waals surface area contributed by atoms with E-state index in [1.807, 2.05) is 31.2 Å². The second kappa shape index (κ2) is 4.46. The summed E-state index contributed by atoms with van der Waals surface area (Å²) < 4.78 is 0. The number of anilines is 1. The lowest BCUT2D eigenvalue weighted by Crippen LogP contribution is -2.44. The molecular formula is C13H14N2O2. The second-order valence-electron chi connectivity index (χ2n) is 4.15. The van der Waals surface area contributed by atoms with Crippen LogP contribution in [0, 0.1) is 11.3 Å². The summed E-state index contributed by atoms with van der Waals surface area (Å²) in [6, 6.07) is 8.78. The molecule has 2 atom stereocenters. The third kappa shape index (κ3) is 1.84. The van der Waals surface area contributed by atoms with Gasteiger partial charge in [0.05, 0.1) is 6.07 Å². The smallest absolute Gasteiger partial charge is 0.326 e. The van der Waals surface area contributed by atoms with E-state index in [2.05, 4.69) is 6.07 Å². The number of carboxylic acid groups (broad SMARTS) is 1. The zero-order chi connectivity index (χ0) is 12.4. The highest BCUT2D eigenvalue weighted by atomic mass is 16.4. The van der Waals surface area contributed by atoms with Crippen molar-refractivity contribution in [3.05, 3.63) is 29.8 Å². The average Bonchev–Trinajstić information content (AvgIpc) is 2.71. The van der Waals surface area contributed by atoms with E-state index in [-0.39, 0.29) is 6.04 Å². The van der Waals surface area contributed by atoms with E-state index in [4.69, 9.17) is 5.26 Å². The van der Waals surface area contributed by atoms with Crippen LogP contribution in [-0.4, -0.2) is 23.2 Å². The highest BCUT2D eigenvalue weighted by Crippen LogP contribution is 2.34. The lowest BCUT2D eigenvalue weighted by atomic mass is 10.1. The van der Waals surface area contributed by atoms with Gasteiger partial charge >= 0.3 is 5.97 Å². The summed E-state index contributed by atoms with van der Waals surface area (Å²) in [6.45, 7) is 1.90. The third-order valence-corrected chi connectivity index (χ3v) is 3.18. The molecule has 0 aromatic heterocycles. The van der Waals surface area contributed by atoms with Crippen LogP contribution in [0.15, 0.2) is 24.3 Å². The molecule has 0 spiro atoms. The first-order chi connectivity index (χ1) is 8.19. The molecule has 0 aliphatic carbocycles. The Balaban J connectivity index is 2.44. The monoisotopic (exact) mass is 230 g/mol. The highest BCUT2D eigenvalue weighted by Gasteiger charge is 2.37. The van der Waals surface area contributed by atoms with Gasteiger partial charge in [-0.25, -0.2) is 4.79 Å². The van der Waals surface area contributed by atoms with E-state index in [1.165, 1.54) is 0 Å². The van der Waals surface area contributed by atoms with Crippen LogP contribution in [0.4, 0.5) is 5.69 Å². The normalized spacial score (nSPS) is 19.5. The number of hydrogen-bond acceptors (Lipinski definition) is 3. The van der Waals surface area contributed by atoms with Gasteiger partial charge in [-0.05, 0) is 18.1 Å². The molecule has 1 aromatic carbocycles. The first-order valence-corrected chi connectivity index (χ1v) is 5.67. The van der Waals surface area contributed by atoms with Crippen LogP contribution < -0.4 is 4.90 Å². The van der Waals surface area contributed by atoms with Crippen molar-refractivity contribution in [3.8, 4) is 6.07 Å². The zero-order valence-corrected chi connectivity index (χ0v) is 9.63. The minimum Gasteiger partial charge on any atom is -0.480 e. The number of carboxylic acids is 1. The van der Waals surface area contributed by atoms with Gasteiger partial charge in [0.15, 0.2) is 0 Å². The summed E-state index contributed by atoms with van der Waals surface area (Å²) in [4.78, 5) is 13.0. The van der Waals surface area contributed by atoms with Gasteiger partial charge in [-0.15, -0.1) is 0 Å². The molecule has 1 aliphatic heterocycles. The Hall–Kier alpha value is -2.02. The third-order valence-electron chi connectivity index (χ3n) is 3.18. The maximum atomic E-state index is 11.3. The van der Waals surface area contributed by atoms with Crippen LogP contribution in [0.1, 0.15) is 18.9 Å². The Morgan fingerprint density at radius 3 is 2.94 bits per heavy atom. The predicted octanol–water partition coefficient (Wildman–Crippen LogP) is 1.80. The van der Waals surface area contributed by atoms with Crippen LogP contribution in [0.3, 0.4) is 0 Å². The maximum absolute atomic E-state index is 11.3. The molecule has 88 valence electrons. The molecule has 0 saturated carbocycles. The molecule has 1 aliphatic rings. The second-order valence-corrected chi connectivity index (χ2v) is 4.15. The average molecular weight is 230 g/mol. The van der Waals surface area contributed by atoms with Crippen molar-refractivity contribution < 1.29 is 9.90 Å². The number of aliphatic carboxylic acids is 1. The first kappa shape index (κ1) is 11.5. The van der Waals surface area contributed by atoms with Gasteiger partial charge in [-0.3, -0.25) is 0 Å². The maximum Gasteiger partial charge on any atom is 0.326 e. The molecule has 2 unspecified atom stereocenters. The molecule has 1 N–H and O–H groups in total. The van der Waals surface area contributed by atoms with Gasteiger partial charge in [-0.2, -0.15) is 5.26 Å². The van der Waals surface area contributed by atoms with Gasteiger partial charge in [0, 0.05) is 12.1 Å². The van der Waals surface area contributed by atoms with E-state index in [0.29, 0.717) is 12.8 Å². The van der Waals surface area contributed by atoms with Crippen LogP contribution in [-0.2, 0) is 11.2 Å². The summed E-state index contributed by atoms with van der Waals surface area (Å²) in [5, 5.41) is 18.4. The summed E-state index contributed by atoms with van der Waals surface area (Å²) in [5.41, 5.74) is 1.89. The molecule has 0 amide bonds. The molecule has 0 fully saturated rings. The van der Waals surface area contributed by atoms with Crippen molar-refractivity contribution in [2.24, 2.45) is 0 Å². The Labute approximate surface area is 100 Å². The molecule has 2 rings (SSSR count). The van der Waals surface area contributed by atoms with Crippen molar-refractivity contribution >= 4 is 11.7 Å². The number of para-hydroxylation sites is 1. The van der Waals surface area contributed by atoms with Crippen LogP contribution in [0.25, 0.3) is 0 Å². The van der Waals surface area contributed by atoms with Crippen molar-refractivity contribution in [2.45, 2.75) is 31.8 Å². The Morgan fingerprint density at radius 1 is 1.65 bits per heavy atom. The molecule has 1 heterocycles. The fourth-order valence-electron chi connectivity index (χ4n) is 2.35. The Morgan fingerprint density at radius 2 is 2.35 bits per heavy atom. The number of hydrogen-bond donors (Lipinski definition) is 1. The minimum atomic E-state index is -0.866. The van der Waals surface area contributed by atoms with Gasteiger partial charge < -0.3 is 10.0 Å². The van der Waals surface area contributed by atoms with Gasteiger partial charge in [0.1, 0.15) is 12.1 Å². The molecule has 0 radical (unpaired) electrons. The minimum absolute atomic E-state index is 0.375. The number of carbonyl (C=O) groups is 1. The standard InChI is InChI=1S/C13H14N2O2/c1-2-10(8-14)15-11-6-4-3-5-9(11)7-12(15)13(16)17/h3-6,10,12H,2,7H2,1H3,(H,16,17).